The molecule has 1 aromatic carbocycles. The average molecular weight is 303 g/mol. The van der Waals surface area contributed by atoms with E-state index in [4.69, 9.17) is 9.47 Å². The lowest BCUT2D eigenvalue weighted by Gasteiger charge is -2.08. The third kappa shape index (κ3) is 4.62. The van der Waals surface area contributed by atoms with E-state index in [9.17, 15) is 9.59 Å². The molecule has 2 N–H and O–H groups in total. The summed E-state index contributed by atoms with van der Waals surface area (Å²) < 4.78 is 10.8. The van der Waals surface area contributed by atoms with Crippen molar-refractivity contribution in [3.05, 3.63) is 52.7 Å². The average Bonchev–Trinajstić information content (AvgIpc) is 2.53. The molecule has 0 saturated heterocycles. The second-order valence-electron chi connectivity index (χ2n) is 4.31. The van der Waals surface area contributed by atoms with Gasteiger partial charge in [-0.15, -0.1) is 0 Å². The van der Waals surface area contributed by atoms with Crippen molar-refractivity contribution >= 4 is 5.91 Å². The standard InChI is InChI=1S/C15H17N3O4/c1-2-21-11-3-5-12(6-4-11)22-8-7-16-15(20)13-9-14(19)18-10-17-13/h3-6,9-10H,2,7-8H2,1H3,(H,16,20)(H,17,18,19). The van der Waals surface area contributed by atoms with E-state index < -0.39 is 5.91 Å². The Bertz CT molecular complexity index is 667. The highest BCUT2D eigenvalue weighted by Gasteiger charge is 2.06. The minimum absolute atomic E-state index is 0.0739. The second-order valence-corrected chi connectivity index (χ2v) is 4.31. The van der Waals surface area contributed by atoms with Crippen LogP contribution in [0.25, 0.3) is 0 Å². The van der Waals surface area contributed by atoms with E-state index in [-0.39, 0.29) is 11.3 Å². The van der Waals surface area contributed by atoms with E-state index in [1.165, 1.54) is 6.33 Å². The normalized spacial score (nSPS) is 10.0. The zero-order valence-corrected chi connectivity index (χ0v) is 12.2. The summed E-state index contributed by atoms with van der Waals surface area (Å²) in [5, 5.41) is 2.62. The minimum atomic E-state index is -0.415. The number of nitrogens with zero attached hydrogens (tertiary/aromatic N) is 1. The fraction of sp³-hybridized carbons (Fsp3) is 0.267. The molecule has 0 aliphatic carbocycles. The molecule has 2 aromatic rings. The fourth-order valence-electron chi connectivity index (χ4n) is 1.72. The lowest BCUT2D eigenvalue weighted by molar-refractivity contribution is 0.0941. The zero-order chi connectivity index (χ0) is 15.8. The molecule has 0 aliphatic rings. The van der Waals surface area contributed by atoms with Gasteiger partial charge in [0.15, 0.2) is 0 Å². The van der Waals surface area contributed by atoms with Crippen LogP contribution >= 0.6 is 0 Å². The van der Waals surface area contributed by atoms with Crippen molar-refractivity contribution in [3.63, 3.8) is 0 Å². The minimum Gasteiger partial charge on any atom is -0.494 e. The highest BCUT2D eigenvalue weighted by molar-refractivity contribution is 5.91. The van der Waals surface area contributed by atoms with Crippen LogP contribution in [0, 0.1) is 0 Å². The van der Waals surface area contributed by atoms with Crippen LogP contribution in [0.15, 0.2) is 41.5 Å². The third-order valence-electron chi connectivity index (χ3n) is 2.70. The Labute approximate surface area is 127 Å². The molecule has 0 atom stereocenters. The lowest BCUT2D eigenvalue weighted by Crippen LogP contribution is -2.29. The zero-order valence-electron chi connectivity index (χ0n) is 12.2. The quantitative estimate of drug-likeness (QED) is 0.744. The molecule has 22 heavy (non-hydrogen) atoms. The predicted octanol–water partition coefficient (Wildman–Crippen LogP) is 0.977. The van der Waals surface area contributed by atoms with Crippen LogP contribution < -0.4 is 20.3 Å². The maximum atomic E-state index is 11.7. The number of carbonyl (C=O) groups excluding carboxylic acids is 1. The van der Waals surface area contributed by atoms with Crippen LogP contribution in [0.3, 0.4) is 0 Å². The molecule has 7 heteroatoms. The molecular formula is C15H17N3O4. The molecule has 116 valence electrons. The van der Waals surface area contributed by atoms with Gasteiger partial charge in [-0.1, -0.05) is 0 Å². The summed E-state index contributed by atoms with van der Waals surface area (Å²) in [7, 11) is 0. The van der Waals surface area contributed by atoms with Crippen LogP contribution in [-0.4, -0.2) is 35.6 Å². The first kappa shape index (κ1) is 15.6. The number of rotatable bonds is 7. The number of amides is 1. The summed E-state index contributed by atoms with van der Waals surface area (Å²) in [4.78, 5) is 28.9. The number of hydrogen-bond acceptors (Lipinski definition) is 5. The van der Waals surface area contributed by atoms with Gasteiger partial charge in [0.25, 0.3) is 11.5 Å². The number of hydrogen-bond donors (Lipinski definition) is 2. The first-order chi connectivity index (χ1) is 10.7. The lowest BCUT2D eigenvalue weighted by atomic mass is 10.3. The molecule has 1 heterocycles. The first-order valence-electron chi connectivity index (χ1n) is 6.87. The Morgan fingerprint density at radius 1 is 1.23 bits per heavy atom. The van der Waals surface area contributed by atoms with Crippen molar-refractivity contribution in [1.29, 1.82) is 0 Å². The molecular weight excluding hydrogens is 286 g/mol. The number of aromatic amines is 1. The Kier molecular flexibility index (Phi) is 5.53. The summed E-state index contributed by atoms with van der Waals surface area (Å²) in [6.07, 6.45) is 1.19. The van der Waals surface area contributed by atoms with Crippen LogP contribution in [-0.2, 0) is 0 Å². The highest BCUT2D eigenvalue weighted by atomic mass is 16.5. The molecule has 0 fully saturated rings. The fourth-order valence-corrected chi connectivity index (χ4v) is 1.72. The molecule has 0 saturated carbocycles. The van der Waals surface area contributed by atoms with Crippen molar-refractivity contribution in [2.45, 2.75) is 6.92 Å². The Morgan fingerprint density at radius 2 is 1.91 bits per heavy atom. The SMILES string of the molecule is CCOc1ccc(OCCNC(=O)c2cc(=O)[nH]cn2)cc1. The number of ether oxygens (including phenoxy) is 2. The van der Waals surface area contributed by atoms with Gasteiger partial charge in [0.05, 0.1) is 19.5 Å². The van der Waals surface area contributed by atoms with Crippen molar-refractivity contribution < 1.29 is 14.3 Å². The van der Waals surface area contributed by atoms with E-state index in [2.05, 4.69) is 15.3 Å². The summed E-state index contributed by atoms with van der Waals surface area (Å²) in [6.45, 7) is 3.15. The Morgan fingerprint density at radius 3 is 2.55 bits per heavy atom. The molecule has 1 amide bonds. The maximum absolute atomic E-state index is 11.7. The Balaban J connectivity index is 1.74. The third-order valence-corrected chi connectivity index (χ3v) is 2.70. The van der Waals surface area contributed by atoms with Gasteiger partial charge in [0, 0.05) is 6.07 Å². The predicted molar refractivity (Wildman–Crippen MR) is 80.3 cm³/mol. The summed E-state index contributed by atoms with van der Waals surface area (Å²) in [5.41, 5.74) is -0.296. The van der Waals surface area contributed by atoms with E-state index in [1.54, 1.807) is 12.1 Å². The monoisotopic (exact) mass is 303 g/mol. The molecule has 0 radical (unpaired) electrons. The molecule has 2 rings (SSSR count). The van der Waals surface area contributed by atoms with E-state index in [1.807, 2.05) is 19.1 Å². The molecule has 7 nitrogen and oxygen atoms in total. The number of aromatic nitrogens is 2. The number of H-pyrrole nitrogens is 1. The van der Waals surface area contributed by atoms with Gasteiger partial charge in [-0.3, -0.25) is 9.59 Å². The summed E-state index contributed by atoms with van der Waals surface area (Å²) in [5.74, 6) is 1.05. The van der Waals surface area contributed by atoms with E-state index in [0.717, 1.165) is 11.8 Å². The molecule has 1 aromatic heterocycles. The highest BCUT2D eigenvalue weighted by Crippen LogP contribution is 2.17. The van der Waals surface area contributed by atoms with Gasteiger partial charge >= 0.3 is 0 Å². The van der Waals surface area contributed by atoms with Gasteiger partial charge in [-0.25, -0.2) is 4.98 Å². The second kappa shape index (κ2) is 7.82. The summed E-state index contributed by atoms with van der Waals surface area (Å²) in [6, 6.07) is 8.37. The van der Waals surface area contributed by atoms with E-state index >= 15 is 0 Å². The van der Waals surface area contributed by atoms with Crippen LogP contribution in [0.5, 0.6) is 11.5 Å². The van der Waals surface area contributed by atoms with Gasteiger partial charge < -0.3 is 19.8 Å². The van der Waals surface area contributed by atoms with Crippen molar-refractivity contribution in [2.24, 2.45) is 0 Å². The van der Waals surface area contributed by atoms with Crippen molar-refractivity contribution in [2.75, 3.05) is 19.8 Å². The van der Waals surface area contributed by atoms with Gasteiger partial charge in [0.1, 0.15) is 23.8 Å². The Hall–Kier alpha value is -2.83. The smallest absolute Gasteiger partial charge is 0.270 e. The maximum Gasteiger partial charge on any atom is 0.270 e. The molecule has 0 spiro atoms. The summed E-state index contributed by atoms with van der Waals surface area (Å²) >= 11 is 0. The van der Waals surface area contributed by atoms with Gasteiger partial charge in [-0.05, 0) is 31.2 Å². The molecule has 0 bridgehead atoms. The van der Waals surface area contributed by atoms with Crippen LogP contribution in [0.4, 0.5) is 0 Å². The van der Waals surface area contributed by atoms with Crippen LogP contribution in [0.1, 0.15) is 17.4 Å². The van der Waals surface area contributed by atoms with E-state index in [0.29, 0.717) is 25.5 Å². The van der Waals surface area contributed by atoms with Crippen molar-refractivity contribution in [3.8, 4) is 11.5 Å². The number of nitrogens with one attached hydrogen (secondary N) is 2. The topological polar surface area (TPSA) is 93.3 Å². The van der Waals surface area contributed by atoms with Crippen LogP contribution in [0.2, 0.25) is 0 Å². The van der Waals surface area contributed by atoms with Gasteiger partial charge in [-0.2, -0.15) is 0 Å². The first-order valence-corrected chi connectivity index (χ1v) is 6.87. The molecule has 0 unspecified atom stereocenters. The van der Waals surface area contributed by atoms with Gasteiger partial charge in [0.2, 0.25) is 0 Å². The number of carbonyl (C=O) groups is 1. The largest absolute Gasteiger partial charge is 0.494 e. The molecule has 0 aliphatic heterocycles. The van der Waals surface area contributed by atoms with Crippen molar-refractivity contribution in [1.82, 2.24) is 15.3 Å². The number of benzene rings is 1.